The van der Waals surface area contributed by atoms with Crippen LogP contribution in [0.1, 0.15) is 38.3 Å². The van der Waals surface area contributed by atoms with Crippen LogP contribution in [0.25, 0.3) is 0 Å². The summed E-state index contributed by atoms with van der Waals surface area (Å²) >= 11 is 1.42. The monoisotopic (exact) mass is 528 g/mol. The number of rotatable bonds is 7. The van der Waals surface area contributed by atoms with Gasteiger partial charge in [-0.15, -0.1) is 0 Å². The Hall–Kier alpha value is -3.47. The number of ether oxygens (including phenoxy) is 3. The highest BCUT2D eigenvalue weighted by Gasteiger charge is 2.43. The van der Waals surface area contributed by atoms with E-state index in [2.05, 4.69) is 0 Å². The van der Waals surface area contributed by atoms with Crippen LogP contribution in [0, 0.1) is 0 Å². The zero-order valence-corrected chi connectivity index (χ0v) is 22.6. The van der Waals surface area contributed by atoms with Gasteiger partial charge < -0.3 is 28.9 Å². The predicted octanol–water partition coefficient (Wildman–Crippen LogP) is 2.92. The fraction of sp³-hybridized carbons (Fsp3) is 0.462. The molecular formula is C26H32N4O6S. The Morgan fingerprint density at radius 2 is 1.76 bits per heavy atom. The number of amides is 2. The van der Waals surface area contributed by atoms with E-state index in [4.69, 9.17) is 19.2 Å². The third-order valence-corrected chi connectivity index (χ3v) is 7.66. The van der Waals surface area contributed by atoms with Gasteiger partial charge in [0.15, 0.2) is 16.7 Å². The van der Waals surface area contributed by atoms with Crippen LogP contribution in [0.5, 0.6) is 11.5 Å². The number of hydrogen-bond donors (Lipinski definition) is 0. The molecule has 0 spiro atoms. The number of fused-ring (bicyclic) bond motifs is 1. The predicted molar refractivity (Wildman–Crippen MR) is 140 cm³/mol. The quantitative estimate of drug-likeness (QED) is 0.498. The minimum absolute atomic E-state index is 0.0140. The molecule has 3 heterocycles. The van der Waals surface area contributed by atoms with Gasteiger partial charge in [-0.05, 0) is 17.9 Å². The summed E-state index contributed by atoms with van der Waals surface area (Å²) in [7, 11) is 4.47. The average Bonchev–Trinajstić information content (AvgIpc) is 3.32. The number of piperazine rings is 1. The summed E-state index contributed by atoms with van der Waals surface area (Å²) < 4.78 is 16.5. The summed E-state index contributed by atoms with van der Waals surface area (Å²) in [6.07, 6.45) is 0.657. The summed E-state index contributed by atoms with van der Waals surface area (Å²) in [6, 6.07) is 4.90. The molecule has 1 saturated heterocycles. The minimum atomic E-state index is -0.622. The number of benzene rings is 1. The first-order chi connectivity index (χ1) is 17.8. The molecule has 198 valence electrons. The molecule has 0 N–H and O–H groups in total. The second kappa shape index (κ2) is 11.3. The third kappa shape index (κ3) is 5.04. The van der Waals surface area contributed by atoms with Crippen LogP contribution >= 0.6 is 11.8 Å². The molecular weight excluding hydrogens is 496 g/mol. The van der Waals surface area contributed by atoms with Crippen molar-refractivity contribution in [2.75, 3.05) is 47.5 Å². The van der Waals surface area contributed by atoms with E-state index >= 15 is 0 Å². The highest BCUT2D eigenvalue weighted by Crippen LogP contribution is 2.49. The smallest absolute Gasteiger partial charge is 0.338 e. The van der Waals surface area contributed by atoms with E-state index < -0.39 is 12.0 Å². The normalized spacial score (nSPS) is 19.3. The number of thioether (sulfide) groups is 1. The number of carbonyl (C=O) groups is 3. The van der Waals surface area contributed by atoms with Crippen molar-refractivity contribution in [3.8, 4) is 11.5 Å². The molecule has 1 fully saturated rings. The lowest BCUT2D eigenvalue weighted by atomic mass is 9.92. The number of hydrogen-bond acceptors (Lipinski definition) is 9. The molecule has 3 aliphatic rings. The molecule has 0 unspecified atom stereocenters. The van der Waals surface area contributed by atoms with Crippen molar-refractivity contribution in [2.45, 2.75) is 32.7 Å². The standard InChI is InChI=1S/C26H32N4O6S/c1-6-19-22(25(33)36-5)23(18-8-7-9-20(34-3)24(18)35-4)30-17(15-37-26(30)27-19)14-21(32)29-12-10-28(11-13-29)16(2)31/h7-9,15,23H,6,10-14H2,1-5H3/t23-/m0/s1. The van der Waals surface area contributed by atoms with Gasteiger partial charge in [0.25, 0.3) is 0 Å². The Labute approximate surface area is 220 Å². The molecule has 3 aliphatic heterocycles. The van der Waals surface area contributed by atoms with Gasteiger partial charge in [0, 0.05) is 44.4 Å². The maximum atomic E-state index is 13.3. The van der Waals surface area contributed by atoms with Crippen molar-refractivity contribution in [2.24, 2.45) is 4.99 Å². The largest absolute Gasteiger partial charge is 0.493 e. The van der Waals surface area contributed by atoms with Crippen LogP contribution in [0.3, 0.4) is 0 Å². The summed E-state index contributed by atoms with van der Waals surface area (Å²) in [6.45, 7) is 5.49. The first kappa shape index (κ1) is 26.6. The van der Waals surface area contributed by atoms with Crippen LogP contribution < -0.4 is 9.47 Å². The van der Waals surface area contributed by atoms with Crippen LogP contribution in [0.15, 0.2) is 45.6 Å². The van der Waals surface area contributed by atoms with Gasteiger partial charge in [0.05, 0.1) is 45.1 Å². The van der Waals surface area contributed by atoms with Gasteiger partial charge in [-0.25, -0.2) is 9.79 Å². The van der Waals surface area contributed by atoms with Gasteiger partial charge in [0.2, 0.25) is 11.8 Å². The minimum Gasteiger partial charge on any atom is -0.493 e. The molecule has 1 aromatic rings. The summed E-state index contributed by atoms with van der Waals surface area (Å²) in [5.41, 5.74) is 2.46. The molecule has 4 rings (SSSR count). The van der Waals surface area contributed by atoms with Crippen molar-refractivity contribution in [1.82, 2.24) is 14.7 Å². The lowest BCUT2D eigenvalue weighted by molar-refractivity contribution is -0.138. The van der Waals surface area contributed by atoms with E-state index in [1.54, 1.807) is 37.0 Å². The maximum Gasteiger partial charge on any atom is 0.338 e. The first-order valence-electron chi connectivity index (χ1n) is 12.1. The van der Waals surface area contributed by atoms with Gasteiger partial charge >= 0.3 is 5.97 Å². The summed E-state index contributed by atoms with van der Waals surface area (Å²) in [5.74, 6) is 0.509. The van der Waals surface area contributed by atoms with Gasteiger partial charge in [-0.2, -0.15) is 0 Å². The van der Waals surface area contributed by atoms with Crippen molar-refractivity contribution in [3.63, 3.8) is 0 Å². The van der Waals surface area contributed by atoms with E-state index in [-0.39, 0.29) is 18.2 Å². The number of carbonyl (C=O) groups excluding carboxylic acids is 3. The van der Waals surface area contributed by atoms with E-state index in [0.29, 0.717) is 66.1 Å². The molecule has 10 nitrogen and oxygen atoms in total. The highest BCUT2D eigenvalue weighted by molar-refractivity contribution is 8.16. The Kier molecular flexibility index (Phi) is 8.11. The van der Waals surface area contributed by atoms with Crippen LogP contribution in [0.2, 0.25) is 0 Å². The van der Waals surface area contributed by atoms with E-state index in [1.165, 1.54) is 18.9 Å². The molecule has 0 radical (unpaired) electrons. The number of para-hydroxylation sites is 1. The number of methoxy groups -OCH3 is 3. The highest BCUT2D eigenvalue weighted by atomic mass is 32.2. The van der Waals surface area contributed by atoms with Crippen molar-refractivity contribution in [3.05, 3.63) is 46.1 Å². The Morgan fingerprint density at radius 3 is 2.35 bits per heavy atom. The molecule has 2 amide bonds. The van der Waals surface area contributed by atoms with Crippen molar-refractivity contribution >= 4 is 34.7 Å². The Morgan fingerprint density at radius 1 is 1.05 bits per heavy atom. The number of aliphatic imine (C=N–C) groups is 1. The molecule has 1 aromatic carbocycles. The third-order valence-electron chi connectivity index (χ3n) is 6.77. The Bertz CT molecular complexity index is 1190. The zero-order chi connectivity index (χ0) is 26.7. The topological polar surface area (TPSA) is 101 Å². The van der Waals surface area contributed by atoms with Crippen LogP contribution in [-0.4, -0.2) is 85.2 Å². The molecule has 37 heavy (non-hydrogen) atoms. The van der Waals surface area contributed by atoms with Crippen molar-refractivity contribution < 1.29 is 28.6 Å². The fourth-order valence-corrected chi connectivity index (χ4v) is 5.81. The number of nitrogens with zero attached hydrogens (tertiary/aromatic N) is 4. The lowest BCUT2D eigenvalue weighted by Gasteiger charge is -2.38. The molecule has 0 aromatic heterocycles. The molecule has 0 saturated carbocycles. The zero-order valence-electron chi connectivity index (χ0n) is 21.8. The molecule has 0 aliphatic carbocycles. The van der Waals surface area contributed by atoms with E-state index in [0.717, 1.165) is 5.70 Å². The molecule has 11 heteroatoms. The number of esters is 1. The second-order valence-corrected chi connectivity index (χ2v) is 9.58. The van der Waals surface area contributed by atoms with Gasteiger partial charge in [-0.1, -0.05) is 30.8 Å². The van der Waals surface area contributed by atoms with Crippen LogP contribution in [-0.2, 0) is 19.1 Å². The second-order valence-electron chi connectivity index (χ2n) is 8.75. The molecule has 0 bridgehead atoms. The number of amidine groups is 1. The first-order valence-corrected chi connectivity index (χ1v) is 13.0. The fourth-order valence-electron chi connectivity index (χ4n) is 4.87. The number of allylic oxidation sites excluding steroid dienone is 1. The summed E-state index contributed by atoms with van der Waals surface area (Å²) in [4.78, 5) is 48.4. The average molecular weight is 529 g/mol. The lowest BCUT2D eigenvalue weighted by Crippen LogP contribution is -2.50. The van der Waals surface area contributed by atoms with Gasteiger partial charge in [-0.3, -0.25) is 9.59 Å². The molecule has 1 atom stereocenters. The Balaban J connectivity index is 1.71. The van der Waals surface area contributed by atoms with E-state index in [9.17, 15) is 14.4 Å². The SMILES string of the molecule is CCC1=C(C(=O)OC)[C@H](c2cccc(OC)c2OC)N2C(CC(=O)N3CCN(C(C)=O)CC3)=CSC2=N1. The van der Waals surface area contributed by atoms with Crippen molar-refractivity contribution in [1.29, 1.82) is 0 Å². The maximum absolute atomic E-state index is 13.3. The van der Waals surface area contributed by atoms with Gasteiger partial charge in [0.1, 0.15) is 0 Å². The van der Waals surface area contributed by atoms with E-state index in [1.807, 2.05) is 29.4 Å². The van der Waals surface area contributed by atoms with Crippen LogP contribution in [0.4, 0.5) is 0 Å². The summed E-state index contributed by atoms with van der Waals surface area (Å²) in [5, 5.41) is 2.60.